The van der Waals surface area contributed by atoms with E-state index in [1.54, 1.807) is 24.3 Å². The van der Waals surface area contributed by atoms with Crippen LogP contribution in [0.4, 0.5) is 5.69 Å². The second kappa shape index (κ2) is 8.19. The largest absolute Gasteiger partial charge is 0.326 e. The summed E-state index contributed by atoms with van der Waals surface area (Å²) in [4.78, 5) is 29.3. The zero-order valence-corrected chi connectivity index (χ0v) is 17.5. The van der Waals surface area contributed by atoms with Crippen LogP contribution >= 0.6 is 11.8 Å². The summed E-state index contributed by atoms with van der Waals surface area (Å²) in [7, 11) is 0. The van der Waals surface area contributed by atoms with E-state index in [4.69, 9.17) is 0 Å². The average molecular weight is 396 g/mol. The molecule has 0 bridgehead atoms. The van der Waals surface area contributed by atoms with Gasteiger partial charge >= 0.3 is 0 Å². The number of carbonyl (C=O) groups is 2. The molecule has 28 heavy (non-hydrogen) atoms. The van der Waals surface area contributed by atoms with Gasteiger partial charge in [-0.2, -0.15) is 0 Å². The van der Waals surface area contributed by atoms with E-state index in [-0.39, 0.29) is 11.7 Å². The molecule has 0 aliphatic carbocycles. The van der Waals surface area contributed by atoms with E-state index < -0.39 is 5.41 Å². The maximum Gasteiger partial charge on any atom is 0.229 e. The molecule has 0 unspecified atom stereocenters. The van der Waals surface area contributed by atoms with E-state index in [9.17, 15) is 9.59 Å². The van der Waals surface area contributed by atoms with Gasteiger partial charge in [0, 0.05) is 23.2 Å². The molecule has 6 heteroatoms. The fraction of sp³-hybridized carbons (Fsp3) is 0.318. The van der Waals surface area contributed by atoms with Crippen molar-refractivity contribution in [1.29, 1.82) is 0 Å². The van der Waals surface area contributed by atoms with E-state index in [0.717, 1.165) is 22.7 Å². The Morgan fingerprint density at radius 3 is 2.39 bits per heavy atom. The predicted molar refractivity (Wildman–Crippen MR) is 115 cm³/mol. The van der Waals surface area contributed by atoms with Crippen LogP contribution in [0, 0.1) is 5.41 Å². The lowest BCUT2D eigenvalue weighted by Crippen LogP contribution is -2.27. The first kappa shape index (κ1) is 20.1. The fourth-order valence-electron chi connectivity index (χ4n) is 2.74. The molecule has 146 valence electrons. The smallest absolute Gasteiger partial charge is 0.229 e. The Kier molecular flexibility index (Phi) is 5.89. The lowest BCUT2D eigenvalue weighted by Gasteiger charge is -2.17. The topological polar surface area (TPSA) is 64.0 Å². The number of nitrogens with one attached hydrogen (secondary N) is 1. The SMILES string of the molecule is CCn1c(SCC(=O)c2ccc(NC(=O)C(C)(C)C)cc2)nc2ccccc21. The van der Waals surface area contributed by atoms with Crippen LogP contribution in [0.2, 0.25) is 0 Å². The second-order valence-electron chi connectivity index (χ2n) is 7.62. The van der Waals surface area contributed by atoms with Crippen LogP contribution in [0.15, 0.2) is 53.7 Å². The number of para-hydroxylation sites is 2. The summed E-state index contributed by atoms with van der Waals surface area (Å²) in [6.45, 7) is 8.47. The minimum atomic E-state index is -0.462. The number of benzene rings is 2. The van der Waals surface area contributed by atoms with Gasteiger partial charge in [0.25, 0.3) is 0 Å². The van der Waals surface area contributed by atoms with Gasteiger partial charge in [-0.05, 0) is 43.3 Å². The first-order valence-electron chi connectivity index (χ1n) is 9.32. The van der Waals surface area contributed by atoms with Crippen molar-refractivity contribution < 1.29 is 9.59 Å². The zero-order valence-electron chi connectivity index (χ0n) is 16.7. The molecule has 1 N–H and O–H groups in total. The van der Waals surface area contributed by atoms with Crippen LogP contribution < -0.4 is 5.32 Å². The Morgan fingerprint density at radius 1 is 1.07 bits per heavy atom. The quantitative estimate of drug-likeness (QED) is 0.470. The number of hydrogen-bond donors (Lipinski definition) is 1. The van der Waals surface area contributed by atoms with Crippen LogP contribution in [-0.2, 0) is 11.3 Å². The summed E-state index contributed by atoms with van der Waals surface area (Å²) in [6, 6.07) is 15.0. The standard InChI is InChI=1S/C22H25N3O2S/c1-5-25-18-9-7-6-8-17(18)24-21(25)28-14-19(26)15-10-12-16(13-11-15)23-20(27)22(2,3)4/h6-13H,5,14H2,1-4H3,(H,23,27). The number of amides is 1. The molecule has 0 aliphatic heterocycles. The number of imidazole rings is 1. The van der Waals surface area contributed by atoms with Crippen LogP contribution in [-0.4, -0.2) is 27.0 Å². The number of carbonyl (C=O) groups excluding carboxylic acids is 2. The van der Waals surface area contributed by atoms with Crippen molar-refractivity contribution in [1.82, 2.24) is 9.55 Å². The molecule has 0 atom stereocenters. The van der Waals surface area contributed by atoms with Gasteiger partial charge in [0.2, 0.25) is 5.91 Å². The molecular weight excluding hydrogens is 370 g/mol. The first-order chi connectivity index (χ1) is 13.3. The fourth-order valence-corrected chi connectivity index (χ4v) is 3.71. The minimum Gasteiger partial charge on any atom is -0.326 e. The summed E-state index contributed by atoms with van der Waals surface area (Å²) in [5, 5.41) is 3.72. The summed E-state index contributed by atoms with van der Waals surface area (Å²) in [6.07, 6.45) is 0. The van der Waals surface area contributed by atoms with Gasteiger partial charge in [-0.3, -0.25) is 9.59 Å². The molecule has 0 aliphatic rings. The summed E-state index contributed by atoms with van der Waals surface area (Å²) < 4.78 is 2.12. The number of rotatable bonds is 6. The maximum absolute atomic E-state index is 12.6. The molecule has 0 saturated carbocycles. The van der Waals surface area contributed by atoms with Gasteiger partial charge < -0.3 is 9.88 Å². The molecule has 2 aromatic carbocycles. The molecule has 5 nitrogen and oxygen atoms in total. The molecule has 3 aromatic rings. The highest BCUT2D eigenvalue weighted by molar-refractivity contribution is 7.99. The number of fused-ring (bicyclic) bond motifs is 1. The van der Waals surface area contributed by atoms with Crippen molar-refractivity contribution in [2.75, 3.05) is 11.1 Å². The Labute approximate surface area is 169 Å². The van der Waals surface area contributed by atoms with Crippen molar-refractivity contribution in [2.24, 2.45) is 5.41 Å². The molecule has 0 spiro atoms. The first-order valence-corrected chi connectivity index (χ1v) is 10.3. The number of Topliss-reactive ketones (excluding diaryl/α,β-unsaturated/α-hetero) is 1. The second-order valence-corrected chi connectivity index (χ2v) is 8.56. The number of aryl methyl sites for hydroxylation is 1. The number of ketones is 1. The number of anilines is 1. The van der Waals surface area contributed by atoms with Crippen molar-refractivity contribution in [3.8, 4) is 0 Å². The van der Waals surface area contributed by atoms with Gasteiger partial charge in [-0.15, -0.1) is 0 Å². The summed E-state index contributed by atoms with van der Waals surface area (Å²) >= 11 is 1.45. The van der Waals surface area contributed by atoms with Crippen molar-refractivity contribution in [3.63, 3.8) is 0 Å². The van der Waals surface area contributed by atoms with Gasteiger partial charge in [-0.25, -0.2) is 4.98 Å². The van der Waals surface area contributed by atoms with E-state index in [2.05, 4.69) is 21.8 Å². The molecule has 0 saturated heterocycles. The van der Waals surface area contributed by atoms with Gasteiger partial charge in [-0.1, -0.05) is 44.7 Å². The predicted octanol–water partition coefficient (Wildman–Crippen LogP) is 5.02. The molecule has 1 aromatic heterocycles. The maximum atomic E-state index is 12.6. The van der Waals surface area contributed by atoms with Gasteiger partial charge in [0.05, 0.1) is 16.8 Å². The number of nitrogens with zero attached hydrogens (tertiary/aromatic N) is 2. The van der Waals surface area contributed by atoms with Crippen molar-refractivity contribution in [2.45, 2.75) is 39.4 Å². The van der Waals surface area contributed by atoms with Crippen LogP contribution in [0.25, 0.3) is 11.0 Å². The third-order valence-corrected chi connectivity index (χ3v) is 5.39. The zero-order chi connectivity index (χ0) is 20.3. The third kappa shape index (κ3) is 4.44. The lowest BCUT2D eigenvalue weighted by atomic mass is 9.95. The molecule has 0 fully saturated rings. The third-order valence-electron chi connectivity index (χ3n) is 4.41. The molecule has 0 radical (unpaired) electrons. The molecule has 1 amide bonds. The molecule has 1 heterocycles. The van der Waals surface area contributed by atoms with Gasteiger partial charge in [0.1, 0.15) is 0 Å². The lowest BCUT2D eigenvalue weighted by molar-refractivity contribution is -0.123. The Hall–Kier alpha value is -2.60. The summed E-state index contributed by atoms with van der Waals surface area (Å²) in [5.74, 6) is 0.297. The number of thioether (sulfide) groups is 1. The monoisotopic (exact) mass is 395 g/mol. The van der Waals surface area contributed by atoms with E-state index in [1.807, 2.05) is 45.0 Å². The van der Waals surface area contributed by atoms with Gasteiger partial charge in [0.15, 0.2) is 10.9 Å². The van der Waals surface area contributed by atoms with E-state index >= 15 is 0 Å². The van der Waals surface area contributed by atoms with Crippen molar-refractivity contribution in [3.05, 3.63) is 54.1 Å². The normalized spacial score (nSPS) is 11.6. The number of hydrogen-bond acceptors (Lipinski definition) is 4. The van der Waals surface area contributed by atoms with Crippen LogP contribution in [0.5, 0.6) is 0 Å². The van der Waals surface area contributed by atoms with E-state index in [1.165, 1.54) is 11.8 Å². The van der Waals surface area contributed by atoms with Crippen LogP contribution in [0.3, 0.4) is 0 Å². The average Bonchev–Trinajstić information content (AvgIpc) is 3.03. The molecular formula is C22H25N3O2S. The van der Waals surface area contributed by atoms with E-state index in [0.29, 0.717) is 17.0 Å². The molecule has 3 rings (SSSR count). The Bertz CT molecular complexity index is 1000. The van der Waals surface area contributed by atoms with Crippen LogP contribution in [0.1, 0.15) is 38.1 Å². The Morgan fingerprint density at radius 2 is 1.75 bits per heavy atom. The number of aromatic nitrogens is 2. The Balaban J connectivity index is 1.66. The highest BCUT2D eigenvalue weighted by Crippen LogP contribution is 2.25. The minimum absolute atomic E-state index is 0.0356. The highest BCUT2D eigenvalue weighted by atomic mass is 32.2. The van der Waals surface area contributed by atoms with Crippen molar-refractivity contribution >= 4 is 40.2 Å². The highest BCUT2D eigenvalue weighted by Gasteiger charge is 2.21. The summed E-state index contributed by atoms with van der Waals surface area (Å²) in [5.41, 5.74) is 2.88.